The molecule has 114 valence electrons. The Morgan fingerprint density at radius 1 is 1.18 bits per heavy atom. The number of nitrogens with one attached hydrogen (secondary N) is 1. The van der Waals surface area contributed by atoms with Gasteiger partial charge in [-0.3, -0.25) is 19.4 Å². The fraction of sp³-hybridized carbons (Fsp3) is 0.375. The lowest BCUT2D eigenvalue weighted by molar-refractivity contribution is 0.0626. The van der Waals surface area contributed by atoms with Gasteiger partial charge >= 0.3 is 0 Å². The Morgan fingerprint density at radius 2 is 1.82 bits per heavy atom. The third-order valence-electron chi connectivity index (χ3n) is 4.28. The first-order valence-electron chi connectivity index (χ1n) is 7.31. The highest BCUT2D eigenvalue weighted by atomic mass is 16.2. The predicted octanol–water partition coefficient (Wildman–Crippen LogP) is 0.292. The van der Waals surface area contributed by atoms with Gasteiger partial charge in [-0.2, -0.15) is 0 Å². The second kappa shape index (κ2) is 5.75. The number of carbonyl (C=O) groups is 2. The molecule has 1 aromatic carbocycles. The van der Waals surface area contributed by atoms with E-state index >= 15 is 0 Å². The lowest BCUT2D eigenvalue weighted by atomic mass is 10.1. The van der Waals surface area contributed by atoms with Crippen LogP contribution in [0.5, 0.6) is 0 Å². The standard InChI is InChI=1S/C16H17N3O3/c1-11-14(10-20)17-6-7-18(11)8-9-19-15(21)12-4-2-3-5-13(12)16(19)22/h2-5,11,17H,6-9H2,1H3. The second-order valence-electron chi connectivity index (χ2n) is 5.46. The minimum atomic E-state index is -0.241. The van der Waals surface area contributed by atoms with Crippen LogP contribution in [0.15, 0.2) is 30.0 Å². The second-order valence-corrected chi connectivity index (χ2v) is 5.46. The minimum absolute atomic E-state index is 0.0820. The van der Waals surface area contributed by atoms with Gasteiger partial charge in [0, 0.05) is 26.2 Å². The molecular weight excluding hydrogens is 282 g/mol. The monoisotopic (exact) mass is 299 g/mol. The van der Waals surface area contributed by atoms with Crippen LogP contribution < -0.4 is 5.32 Å². The smallest absolute Gasteiger partial charge is 0.261 e. The Kier molecular flexibility index (Phi) is 3.79. The van der Waals surface area contributed by atoms with Crippen LogP contribution in [-0.4, -0.2) is 59.8 Å². The molecule has 1 N–H and O–H groups in total. The topological polar surface area (TPSA) is 69.7 Å². The molecular formula is C16H17N3O3. The van der Waals surface area contributed by atoms with Crippen molar-refractivity contribution in [2.75, 3.05) is 26.2 Å². The zero-order chi connectivity index (χ0) is 15.7. The van der Waals surface area contributed by atoms with E-state index in [0.717, 1.165) is 6.54 Å². The maximum Gasteiger partial charge on any atom is 0.261 e. The van der Waals surface area contributed by atoms with E-state index in [9.17, 15) is 14.4 Å². The van der Waals surface area contributed by atoms with Gasteiger partial charge in [0.05, 0.1) is 17.2 Å². The van der Waals surface area contributed by atoms with Gasteiger partial charge in [0.1, 0.15) is 11.6 Å². The van der Waals surface area contributed by atoms with Crippen LogP contribution in [0.3, 0.4) is 0 Å². The largest absolute Gasteiger partial charge is 0.377 e. The summed E-state index contributed by atoms with van der Waals surface area (Å²) in [4.78, 5) is 38.8. The number of fused-ring (bicyclic) bond motifs is 1. The van der Waals surface area contributed by atoms with Crippen molar-refractivity contribution in [1.29, 1.82) is 0 Å². The first-order valence-corrected chi connectivity index (χ1v) is 7.31. The lowest BCUT2D eigenvalue weighted by Crippen LogP contribution is -2.51. The van der Waals surface area contributed by atoms with Gasteiger partial charge in [0.15, 0.2) is 0 Å². The van der Waals surface area contributed by atoms with E-state index in [1.807, 2.05) is 12.9 Å². The zero-order valence-corrected chi connectivity index (χ0v) is 12.3. The molecule has 3 rings (SSSR count). The number of piperazine rings is 1. The van der Waals surface area contributed by atoms with Crippen LogP contribution in [0.2, 0.25) is 0 Å². The number of carbonyl (C=O) groups excluding carboxylic acids is 3. The van der Waals surface area contributed by atoms with E-state index in [1.54, 1.807) is 24.3 Å². The Hall–Kier alpha value is -2.43. The number of rotatable bonds is 3. The molecule has 0 saturated carbocycles. The first kappa shape index (κ1) is 14.5. The minimum Gasteiger partial charge on any atom is -0.377 e. The van der Waals surface area contributed by atoms with Crippen molar-refractivity contribution in [1.82, 2.24) is 15.1 Å². The Bertz CT molecular complexity index is 644. The molecule has 0 bridgehead atoms. The van der Waals surface area contributed by atoms with Gasteiger partial charge in [-0.1, -0.05) is 12.1 Å². The van der Waals surface area contributed by atoms with Crippen LogP contribution in [-0.2, 0) is 4.79 Å². The van der Waals surface area contributed by atoms with E-state index in [2.05, 4.69) is 10.2 Å². The summed E-state index contributed by atoms with van der Waals surface area (Å²) in [6.07, 6.45) is 0. The van der Waals surface area contributed by atoms with Crippen LogP contribution in [0, 0.1) is 0 Å². The average Bonchev–Trinajstić information content (AvgIpc) is 2.79. The van der Waals surface area contributed by atoms with Crippen LogP contribution in [0.1, 0.15) is 27.6 Å². The highest BCUT2D eigenvalue weighted by Crippen LogP contribution is 2.22. The molecule has 2 heterocycles. The van der Waals surface area contributed by atoms with Crippen LogP contribution >= 0.6 is 0 Å². The molecule has 0 aromatic heterocycles. The molecule has 0 spiro atoms. The quantitative estimate of drug-likeness (QED) is 0.642. The molecule has 1 atom stereocenters. The maximum atomic E-state index is 12.3. The fourth-order valence-electron chi connectivity index (χ4n) is 2.96. The molecule has 2 amide bonds. The maximum absolute atomic E-state index is 12.3. The van der Waals surface area contributed by atoms with Crippen molar-refractivity contribution in [3.8, 4) is 0 Å². The van der Waals surface area contributed by atoms with E-state index in [1.165, 1.54) is 4.90 Å². The number of hydrogen-bond acceptors (Lipinski definition) is 5. The molecule has 2 aliphatic heterocycles. The Morgan fingerprint density at radius 3 is 2.41 bits per heavy atom. The Labute approximate surface area is 128 Å². The van der Waals surface area contributed by atoms with Gasteiger partial charge in [-0.05, 0) is 19.1 Å². The van der Waals surface area contributed by atoms with Crippen molar-refractivity contribution in [2.45, 2.75) is 13.0 Å². The number of imide groups is 1. The summed E-state index contributed by atoms with van der Waals surface area (Å²) in [5.41, 5.74) is 1.46. The van der Waals surface area contributed by atoms with Crippen LogP contribution in [0.4, 0.5) is 0 Å². The summed E-state index contributed by atoms with van der Waals surface area (Å²) in [7, 11) is 0. The van der Waals surface area contributed by atoms with Crippen molar-refractivity contribution in [2.24, 2.45) is 0 Å². The molecule has 22 heavy (non-hydrogen) atoms. The van der Waals surface area contributed by atoms with Gasteiger partial charge < -0.3 is 5.32 Å². The van der Waals surface area contributed by atoms with E-state index in [4.69, 9.17) is 0 Å². The van der Waals surface area contributed by atoms with Gasteiger partial charge in [0.25, 0.3) is 11.8 Å². The Balaban J connectivity index is 1.69. The van der Waals surface area contributed by atoms with E-state index in [-0.39, 0.29) is 17.9 Å². The third kappa shape index (κ3) is 2.32. The van der Waals surface area contributed by atoms with E-state index in [0.29, 0.717) is 36.5 Å². The van der Waals surface area contributed by atoms with Crippen molar-refractivity contribution >= 4 is 17.8 Å². The summed E-state index contributed by atoms with van der Waals surface area (Å²) in [5.74, 6) is 1.43. The highest BCUT2D eigenvalue weighted by Gasteiger charge is 2.35. The third-order valence-corrected chi connectivity index (χ3v) is 4.28. The summed E-state index contributed by atoms with van der Waals surface area (Å²) in [5, 5.41) is 3.01. The lowest BCUT2D eigenvalue weighted by Gasteiger charge is -2.35. The fourth-order valence-corrected chi connectivity index (χ4v) is 2.96. The molecule has 0 radical (unpaired) electrons. The zero-order valence-electron chi connectivity index (χ0n) is 12.3. The first-order chi connectivity index (χ1) is 10.6. The normalized spacial score (nSPS) is 21.6. The molecule has 0 aliphatic carbocycles. The summed E-state index contributed by atoms with van der Waals surface area (Å²) in [6.45, 7) is 4.20. The summed E-state index contributed by atoms with van der Waals surface area (Å²) < 4.78 is 0. The summed E-state index contributed by atoms with van der Waals surface area (Å²) >= 11 is 0. The molecule has 1 aromatic rings. The van der Waals surface area contributed by atoms with Crippen molar-refractivity contribution in [3.63, 3.8) is 0 Å². The summed E-state index contributed by atoms with van der Waals surface area (Å²) in [6, 6.07) is 6.79. The van der Waals surface area contributed by atoms with Gasteiger partial charge in [-0.25, -0.2) is 4.79 Å². The predicted molar refractivity (Wildman–Crippen MR) is 80.1 cm³/mol. The number of benzene rings is 1. The van der Waals surface area contributed by atoms with E-state index < -0.39 is 0 Å². The molecule has 2 aliphatic rings. The number of amides is 2. The molecule has 1 unspecified atom stereocenters. The average molecular weight is 299 g/mol. The van der Waals surface area contributed by atoms with Crippen molar-refractivity contribution < 1.29 is 14.4 Å². The molecule has 6 nitrogen and oxygen atoms in total. The van der Waals surface area contributed by atoms with Gasteiger partial charge in [-0.15, -0.1) is 0 Å². The number of nitrogens with zero attached hydrogens (tertiary/aromatic N) is 2. The number of hydrogen-bond donors (Lipinski definition) is 1. The van der Waals surface area contributed by atoms with Crippen LogP contribution in [0.25, 0.3) is 0 Å². The molecule has 1 saturated heterocycles. The SMILES string of the molecule is CC1C(=C=O)NCCN1CCN1C(=O)c2ccccc2C1=O. The molecule has 6 heteroatoms. The highest BCUT2D eigenvalue weighted by molar-refractivity contribution is 6.21. The van der Waals surface area contributed by atoms with Crippen molar-refractivity contribution in [3.05, 3.63) is 41.1 Å². The van der Waals surface area contributed by atoms with Gasteiger partial charge in [0.2, 0.25) is 0 Å². The molecule has 1 fully saturated rings.